The van der Waals surface area contributed by atoms with Crippen LogP contribution < -0.4 is 10.6 Å². The quantitative estimate of drug-likeness (QED) is 0.501. The third-order valence-corrected chi connectivity index (χ3v) is 6.98. The molecule has 0 aliphatic carbocycles. The van der Waals surface area contributed by atoms with Crippen LogP contribution in [0.2, 0.25) is 5.02 Å². The molecule has 35 heavy (non-hydrogen) atoms. The van der Waals surface area contributed by atoms with E-state index in [0.29, 0.717) is 48.6 Å². The molecule has 10 nitrogen and oxygen atoms in total. The van der Waals surface area contributed by atoms with Crippen LogP contribution in [0.25, 0.3) is 0 Å². The SMILES string of the molecule is Cc1nn(C2CCN(C(C)C)CC2)cc1Nc1ncc(Cl)c(NCCCN2CCCOCC2=O)n1. The zero-order valence-electron chi connectivity index (χ0n) is 21.0. The van der Waals surface area contributed by atoms with E-state index in [-0.39, 0.29) is 12.5 Å². The number of nitrogens with one attached hydrogen (secondary N) is 2. The van der Waals surface area contributed by atoms with Crippen molar-refractivity contribution in [2.45, 2.75) is 58.5 Å². The predicted molar refractivity (Wildman–Crippen MR) is 137 cm³/mol. The van der Waals surface area contributed by atoms with Crippen molar-refractivity contribution in [1.29, 1.82) is 0 Å². The summed E-state index contributed by atoms with van der Waals surface area (Å²) in [4.78, 5) is 25.3. The lowest BCUT2D eigenvalue weighted by molar-refractivity contribution is -0.133. The van der Waals surface area contributed by atoms with E-state index in [2.05, 4.69) is 50.2 Å². The van der Waals surface area contributed by atoms with Gasteiger partial charge >= 0.3 is 0 Å². The molecule has 2 aliphatic heterocycles. The molecule has 0 atom stereocenters. The van der Waals surface area contributed by atoms with Gasteiger partial charge in [0.15, 0.2) is 0 Å². The van der Waals surface area contributed by atoms with Crippen LogP contribution in [0.4, 0.5) is 17.5 Å². The van der Waals surface area contributed by atoms with E-state index >= 15 is 0 Å². The molecule has 1 amide bonds. The summed E-state index contributed by atoms with van der Waals surface area (Å²) >= 11 is 6.33. The van der Waals surface area contributed by atoms with Gasteiger partial charge in [0.2, 0.25) is 11.9 Å². The van der Waals surface area contributed by atoms with Gasteiger partial charge < -0.3 is 25.2 Å². The minimum atomic E-state index is 0.0513. The molecule has 2 N–H and O–H groups in total. The Kier molecular flexibility index (Phi) is 8.80. The zero-order chi connectivity index (χ0) is 24.8. The molecule has 4 rings (SSSR count). The lowest BCUT2D eigenvalue weighted by Gasteiger charge is -2.34. The molecule has 0 radical (unpaired) electrons. The second-order valence-corrected chi connectivity index (χ2v) is 9.96. The van der Waals surface area contributed by atoms with Crippen LogP contribution in [0, 0.1) is 6.92 Å². The Morgan fingerprint density at radius 1 is 1.26 bits per heavy atom. The first-order chi connectivity index (χ1) is 16.9. The Labute approximate surface area is 212 Å². The zero-order valence-corrected chi connectivity index (χ0v) is 21.7. The topological polar surface area (TPSA) is 100 Å². The van der Waals surface area contributed by atoms with Crippen molar-refractivity contribution < 1.29 is 9.53 Å². The van der Waals surface area contributed by atoms with Gasteiger partial charge in [-0.05, 0) is 46.5 Å². The number of hydrogen-bond acceptors (Lipinski definition) is 8. The number of carbonyl (C=O) groups is 1. The van der Waals surface area contributed by atoms with Gasteiger partial charge in [-0.1, -0.05) is 11.6 Å². The molecule has 192 valence electrons. The number of aromatic nitrogens is 4. The predicted octanol–water partition coefficient (Wildman–Crippen LogP) is 3.47. The van der Waals surface area contributed by atoms with Crippen LogP contribution in [0.5, 0.6) is 0 Å². The molecule has 2 fully saturated rings. The average molecular weight is 505 g/mol. The summed E-state index contributed by atoms with van der Waals surface area (Å²) < 4.78 is 7.37. The molecule has 0 bridgehead atoms. The second kappa shape index (κ2) is 12.0. The number of rotatable bonds is 9. The molecule has 2 aromatic rings. The molecule has 2 saturated heterocycles. The molecule has 11 heteroatoms. The van der Waals surface area contributed by atoms with E-state index in [9.17, 15) is 4.79 Å². The third kappa shape index (κ3) is 6.83. The minimum Gasteiger partial charge on any atom is -0.372 e. The number of piperidine rings is 1. The van der Waals surface area contributed by atoms with Gasteiger partial charge in [0.05, 0.1) is 23.6 Å². The number of hydrogen-bond donors (Lipinski definition) is 2. The fraction of sp³-hybridized carbons (Fsp3) is 0.667. The molecule has 0 saturated carbocycles. The van der Waals surface area contributed by atoms with Crippen molar-refractivity contribution >= 4 is 35.0 Å². The number of nitrogens with zero attached hydrogens (tertiary/aromatic N) is 6. The van der Waals surface area contributed by atoms with Gasteiger partial charge in [-0.3, -0.25) is 9.48 Å². The van der Waals surface area contributed by atoms with Crippen LogP contribution in [0.3, 0.4) is 0 Å². The summed E-state index contributed by atoms with van der Waals surface area (Å²) in [6, 6.07) is 0.995. The summed E-state index contributed by atoms with van der Waals surface area (Å²) in [6.07, 6.45) is 7.50. The fourth-order valence-electron chi connectivity index (χ4n) is 4.58. The fourth-order valence-corrected chi connectivity index (χ4v) is 4.73. The number of carbonyl (C=O) groups excluding carboxylic acids is 1. The van der Waals surface area contributed by atoms with Gasteiger partial charge in [-0.15, -0.1) is 0 Å². The maximum absolute atomic E-state index is 12.0. The molecular formula is C24H37ClN8O2. The van der Waals surface area contributed by atoms with E-state index in [1.54, 1.807) is 6.20 Å². The standard InChI is InChI=1S/C24H37ClN8O2/c1-17(2)31-11-6-19(7-12-31)33-15-21(18(3)30-33)28-24-27-14-20(25)23(29-24)26-8-4-9-32-10-5-13-35-16-22(32)34/h14-15,17,19H,4-13,16H2,1-3H3,(H2,26,27,28,29). The second-order valence-electron chi connectivity index (χ2n) is 9.55. The van der Waals surface area contributed by atoms with Crippen molar-refractivity contribution in [1.82, 2.24) is 29.5 Å². The van der Waals surface area contributed by atoms with E-state index < -0.39 is 0 Å². The Morgan fingerprint density at radius 3 is 2.83 bits per heavy atom. The van der Waals surface area contributed by atoms with Crippen LogP contribution >= 0.6 is 11.6 Å². The largest absolute Gasteiger partial charge is 0.372 e. The van der Waals surface area contributed by atoms with E-state index in [4.69, 9.17) is 21.4 Å². The van der Waals surface area contributed by atoms with Crippen LogP contribution in [0.15, 0.2) is 12.4 Å². The molecule has 0 unspecified atom stereocenters. The maximum atomic E-state index is 12.0. The summed E-state index contributed by atoms with van der Waals surface area (Å²) in [6.45, 7) is 11.6. The van der Waals surface area contributed by atoms with Gasteiger partial charge in [-0.25, -0.2) is 4.98 Å². The average Bonchev–Trinajstić information content (AvgIpc) is 3.08. The highest BCUT2D eigenvalue weighted by atomic mass is 35.5. The monoisotopic (exact) mass is 504 g/mol. The van der Waals surface area contributed by atoms with Crippen LogP contribution in [-0.2, 0) is 9.53 Å². The lowest BCUT2D eigenvalue weighted by Crippen LogP contribution is -2.39. The smallest absolute Gasteiger partial charge is 0.248 e. The lowest BCUT2D eigenvalue weighted by atomic mass is 10.0. The summed E-state index contributed by atoms with van der Waals surface area (Å²) in [5, 5.41) is 11.8. The molecule has 4 heterocycles. The van der Waals surface area contributed by atoms with Crippen molar-refractivity contribution in [3.05, 3.63) is 23.1 Å². The van der Waals surface area contributed by atoms with Gasteiger partial charge in [0, 0.05) is 51.6 Å². The first-order valence-corrected chi connectivity index (χ1v) is 13.0. The summed E-state index contributed by atoms with van der Waals surface area (Å²) in [7, 11) is 0. The Hall–Kier alpha value is -2.43. The summed E-state index contributed by atoms with van der Waals surface area (Å²) in [5.74, 6) is 1.09. The number of anilines is 3. The highest BCUT2D eigenvalue weighted by molar-refractivity contribution is 6.32. The number of halogens is 1. The molecule has 2 aliphatic rings. The number of aryl methyl sites for hydroxylation is 1. The Balaban J connectivity index is 1.31. The number of amides is 1. The normalized spacial score (nSPS) is 18.2. The van der Waals surface area contributed by atoms with E-state index in [0.717, 1.165) is 56.7 Å². The highest BCUT2D eigenvalue weighted by Crippen LogP contribution is 2.27. The van der Waals surface area contributed by atoms with Crippen molar-refractivity contribution in [3.63, 3.8) is 0 Å². The van der Waals surface area contributed by atoms with Crippen LogP contribution in [0.1, 0.15) is 51.3 Å². The molecule has 0 aromatic carbocycles. The number of ether oxygens (including phenoxy) is 1. The third-order valence-electron chi connectivity index (χ3n) is 6.70. The van der Waals surface area contributed by atoms with E-state index in [1.807, 2.05) is 11.8 Å². The van der Waals surface area contributed by atoms with Crippen LogP contribution in [-0.4, -0.2) is 87.4 Å². The van der Waals surface area contributed by atoms with Gasteiger partial charge in [0.25, 0.3) is 0 Å². The van der Waals surface area contributed by atoms with Crippen molar-refractivity contribution in [2.24, 2.45) is 0 Å². The molecule has 2 aromatic heterocycles. The summed E-state index contributed by atoms with van der Waals surface area (Å²) in [5.41, 5.74) is 1.81. The van der Waals surface area contributed by atoms with Crippen molar-refractivity contribution in [3.8, 4) is 0 Å². The first kappa shape index (κ1) is 25.7. The molecular weight excluding hydrogens is 468 g/mol. The number of likely N-dealkylation sites (tertiary alicyclic amines) is 1. The van der Waals surface area contributed by atoms with Crippen molar-refractivity contribution in [2.75, 3.05) is 56.6 Å². The Bertz CT molecular complexity index is 990. The molecule has 0 spiro atoms. The maximum Gasteiger partial charge on any atom is 0.248 e. The highest BCUT2D eigenvalue weighted by Gasteiger charge is 2.23. The van der Waals surface area contributed by atoms with Gasteiger partial charge in [-0.2, -0.15) is 10.1 Å². The Morgan fingerprint density at radius 2 is 2.06 bits per heavy atom. The minimum absolute atomic E-state index is 0.0513. The van der Waals surface area contributed by atoms with E-state index in [1.165, 1.54) is 0 Å². The first-order valence-electron chi connectivity index (χ1n) is 12.6. The van der Waals surface area contributed by atoms with Gasteiger partial charge in [0.1, 0.15) is 17.4 Å².